The lowest BCUT2D eigenvalue weighted by Crippen LogP contribution is -2.33. The lowest BCUT2D eigenvalue weighted by Gasteiger charge is -2.36. The number of phenolic OH excluding ortho intramolecular Hbond substituents is 2. The third-order valence-corrected chi connectivity index (χ3v) is 5.46. The van der Waals surface area contributed by atoms with Gasteiger partial charge < -0.3 is 29.2 Å². The van der Waals surface area contributed by atoms with Crippen molar-refractivity contribution in [3.05, 3.63) is 82.4 Å². The number of fused-ring (bicyclic) bond motifs is 6. The molecule has 2 aliphatic heterocycles. The average Bonchev–Trinajstić information content (AvgIpc) is 3.05. The summed E-state index contributed by atoms with van der Waals surface area (Å²) in [5, 5.41) is 19.9. The van der Waals surface area contributed by atoms with E-state index < -0.39 is 30.3 Å². The molecule has 0 bridgehead atoms. The molecule has 0 amide bonds. The van der Waals surface area contributed by atoms with Crippen LogP contribution in [0, 0.1) is 0 Å². The summed E-state index contributed by atoms with van der Waals surface area (Å²) >= 11 is 0. The van der Waals surface area contributed by atoms with Crippen molar-refractivity contribution in [2.45, 2.75) is 12.5 Å². The second-order valence-corrected chi connectivity index (χ2v) is 7.48. The molecule has 3 aromatic rings. The van der Waals surface area contributed by atoms with Gasteiger partial charge in [0.25, 0.3) is 0 Å². The molecule has 0 fully saturated rings. The van der Waals surface area contributed by atoms with Gasteiger partial charge in [-0.15, -0.1) is 0 Å². The van der Waals surface area contributed by atoms with Gasteiger partial charge in [0, 0.05) is 35.7 Å². The number of benzene rings is 3. The number of rotatable bonds is 3. The SMILES string of the molecule is CC(=O)OCOC(=O)c1ccc2c(c1)C1(OC2=O)c2ccc(O)cc2Oc2cc(O)ccc21. The summed E-state index contributed by atoms with van der Waals surface area (Å²) in [7, 11) is 0. The van der Waals surface area contributed by atoms with Gasteiger partial charge >= 0.3 is 17.9 Å². The van der Waals surface area contributed by atoms with E-state index in [1.165, 1.54) is 49.4 Å². The molecule has 166 valence electrons. The van der Waals surface area contributed by atoms with E-state index in [4.69, 9.17) is 14.2 Å². The van der Waals surface area contributed by atoms with E-state index in [0.717, 1.165) is 0 Å². The highest BCUT2D eigenvalue weighted by Gasteiger charge is 2.53. The molecule has 0 saturated carbocycles. The van der Waals surface area contributed by atoms with E-state index in [2.05, 4.69) is 4.74 Å². The van der Waals surface area contributed by atoms with Crippen LogP contribution in [0.3, 0.4) is 0 Å². The Balaban J connectivity index is 1.69. The summed E-state index contributed by atoms with van der Waals surface area (Å²) in [6.45, 7) is 0.634. The lowest BCUT2D eigenvalue weighted by atomic mass is 9.77. The molecule has 9 nitrogen and oxygen atoms in total. The van der Waals surface area contributed by atoms with Crippen molar-refractivity contribution in [1.82, 2.24) is 0 Å². The minimum atomic E-state index is -1.50. The highest BCUT2D eigenvalue weighted by Crippen LogP contribution is 2.57. The summed E-state index contributed by atoms with van der Waals surface area (Å²) in [5.41, 5.74) is 0.0454. The van der Waals surface area contributed by atoms with Gasteiger partial charge in [-0.2, -0.15) is 0 Å². The minimum Gasteiger partial charge on any atom is -0.508 e. The molecule has 0 radical (unpaired) electrons. The molecule has 1 spiro atoms. The predicted molar refractivity (Wildman–Crippen MR) is 110 cm³/mol. The van der Waals surface area contributed by atoms with Gasteiger partial charge in [-0.25, -0.2) is 9.59 Å². The molecule has 0 unspecified atom stereocenters. The molecule has 0 atom stereocenters. The van der Waals surface area contributed by atoms with E-state index in [-0.39, 0.29) is 34.1 Å². The van der Waals surface area contributed by atoms with Gasteiger partial charge in [-0.1, -0.05) is 0 Å². The van der Waals surface area contributed by atoms with Crippen LogP contribution in [-0.2, 0) is 24.6 Å². The first-order chi connectivity index (χ1) is 15.8. The summed E-state index contributed by atoms with van der Waals surface area (Å²) in [4.78, 5) is 36.3. The highest BCUT2D eigenvalue weighted by molar-refractivity contribution is 5.99. The lowest BCUT2D eigenvalue weighted by molar-refractivity contribution is -0.149. The van der Waals surface area contributed by atoms with Crippen LogP contribution in [0.1, 0.15) is 44.3 Å². The molecule has 3 aromatic carbocycles. The number of phenols is 2. The number of carbonyl (C=O) groups excluding carboxylic acids is 3. The van der Waals surface area contributed by atoms with Crippen LogP contribution in [0.15, 0.2) is 54.6 Å². The average molecular weight is 448 g/mol. The second kappa shape index (κ2) is 7.27. The van der Waals surface area contributed by atoms with Crippen molar-refractivity contribution in [1.29, 1.82) is 0 Å². The van der Waals surface area contributed by atoms with E-state index >= 15 is 0 Å². The summed E-state index contributed by atoms with van der Waals surface area (Å²) in [5.74, 6) is -1.69. The molecular formula is C24H16O9. The third kappa shape index (κ3) is 3.13. The fourth-order valence-electron chi connectivity index (χ4n) is 4.08. The Hall–Kier alpha value is -4.53. The van der Waals surface area contributed by atoms with Crippen LogP contribution < -0.4 is 4.74 Å². The zero-order chi connectivity index (χ0) is 23.3. The Morgan fingerprint density at radius 2 is 1.52 bits per heavy atom. The number of hydrogen-bond donors (Lipinski definition) is 2. The maximum Gasteiger partial charge on any atom is 0.341 e. The Kier molecular flexibility index (Phi) is 4.49. The Morgan fingerprint density at radius 1 is 0.879 bits per heavy atom. The van der Waals surface area contributed by atoms with E-state index in [9.17, 15) is 24.6 Å². The topological polar surface area (TPSA) is 129 Å². The number of aromatic hydroxyl groups is 2. The molecule has 5 rings (SSSR count). The van der Waals surface area contributed by atoms with E-state index in [1.807, 2.05) is 0 Å². The fraction of sp³-hybridized carbons (Fsp3) is 0.125. The quantitative estimate of drug-likeness (QED) is 0.458. The van der Waals surface area contributed by atoms with Crippen LogP contribution in [0.25, 0.3) is 0 Å². The van der Waals surface area contributed by atoms with Gasteiger partial charge in [-0.3, -0.25) is 4.79 Å². The van der Waals surface area contributed by atoms with Crippen LogP contribution in [0.5, 0.6) is 23.0 Å². The van der Waals surface area contributed by atoms with Gasteiger partial charge in [0.15, 0.2) is 5.60 Å². The largest absolute Gasteiger partial charge is 0.508 e. The van der Waals surface area contributed by atoms with Crippen molar-refractivity contribution < 1.29 is 43.5 Å². The monoisotopic (exact) mass is 448 g/mol. The molecule has 2 N–H and O–H groups in total. The van der Waals surface area contributed by atoms with Gasteiger partial charge in [0.05, 0.1) is 11.1 Å². The van der Waals surface area contributed by atoms with Gasteiger partial charge in [0.1, 0.15) is 23.0 Å². The molecule has 0 aromatic heterocycles. The van der Waals surface area contributed by atoms with E-state index in [0.29, 0.717) is 16.7 Å². The van der Waals surface area contributed by atoms with Crippen LogP contribution in [-0.4, -0.2) is 34.9 Å². The zero-order valence-corrected chi connectivity index (χ0v) is 17.2. The predicted octanol–water partition coefficient (Wildman–Crippen LogP) is 3.34. The first kappa shape index (κ1) is 20.4. The van der Waals surface area contributed by atoms with E-state index in [1.54, 1.807) is 12.1 Å². The molecule has 33 heavy (non-hydrogen) atoms. The minimum absolute atomic E-state index is 0.0696. The number of ether oxygens (including phenoxy) is 4. The maximum atomic E-state index is 12.9. The zero-order valence-electron chi connectivity index (χ0n) is 17.2. The molecule has 2 heterocycles. The Morgan fingerprint density at radius 3 is 2.12 bits per heavy atom. The first-order valence-electron chi connectivity index (χ1n) is 9.83. The number of hydrogen-bond acceptors (Lipinski definition) is 9. The van der Waals surface area contributed by atoms with Crippen molar-refractivity contribution in [2.24, 2.45) is 0 Å². The van der Waals surface area contributed by atoms with Crippen LogP contribution >= 0.6 is 0 Å². The molecule has 2 aliphatic rings. The van der Waals surface area contributed by atoms with Crippen molar-refractivity contribution in [3.8, 4) is 23.0 Å². The first-order valence-corrected chi connectivity index (χ1v) is 9.83. The van der Waals surface area contributed by atoms with Crippen molar-refractivity contribution >= 4 is 17.9 Å². The molecule has 9 heteroatoms. The molecule has 0 saturated heterocycles. The number of esters is 3. The van der Waals surface area contributed by atoms with Crippen molar-refractivity contribution in [3.63, 3.8) is 0 Å². The normalized spacial score (nSPS) is 14.4. The van der Waals surface area contributed by atoms with Crippen molar-refractivity contribution in [2.75, 3.05) is 6.79 Å². The summed E-state index contributed by atoms with van der Waals surface area (Å²) < 4.78 is 21.4. The second-order valence-electron chi connectivity index (χ2n) is 7.48. The third-order valence-electron chi connectivity index (χ3n) is 5.46. The maximum absolute atomic E-state index is 12.9. The molecule has 0 aliphatic carbocycles. The van der Waals surface area contributed by atoms with Gasteiger partial charge in [0.2, 0.25) is 6.79 Å². The standard InChI is InChI=1S/C24H16O9/c1-12(25)30-11-31-22(28)13-2-5-16-19(8-13)24(33-23(16)29)17-6-3-14(26)9-20(17)32-21-10-15(27)4-7-18(21)24/h2-10,26-27H,11H2,1H3. The fourth-order valence-corrected chi connectivity index (χ4v) is 4.08. The smallest absolute Gasteiger partial charge is 0.341 e. The van der Waals surface area contributed by atoms with Crippen LogP contribution in [0.4, 0.5) is 0 Å². The van der Waals surface area contributed by atoms with Gasteiger partial charge in [-0.05, 0) is 42.5 Å². The Labute approximate surface area is 186 Å². The summed E-state index contributed by atoms with van der Waals surface area (Å²) in [6.07, 6.45) is 0. The van der Waals surface area contributed by atoms with Crippen LogP contribution in [0.2, 0.25) is 0 Å². The summed E-state index contributed by atoms with van der Waals surface area (Å²) in [6, 6.07) is 13.0. The number of carbonyl (C=O) groups is 3. The highest BCUT2D eigenvalue weighted by atomic mass is 16.7. The Bertz CT molecular complexity index is 1290. The molecular weight excluding hydrogens is 432 g/mol.